The number of nitrogens with zero attached hydrogens (tertiary/aromatic N) is 1. The van der Waals surface area contributed by atoms with E-state index in [-0.39, 0.29) is 0 Å². The van der Waals surface area contributed by atoms with Crippen LogP contribution in [0.25, 0.3) is 11.0 Å². The van der Waals surface area contributed by atoms with Crippen LogP contribution in [0.5, 0.6) is 0 Å². The second-order valence-electron chi connectivity index (χ2n) is 8.74. The molecule has 0 radical (unpaired) electrons. The van der Waals surface area contributed by atoms with E-state index >= 15 is 0 Å². The molecule has 28 heavy (non-hydrogen) atoms. The van der Waals surface area contributed by atoms with Gasteiger partial charge in [0.2, 0.25) is 0 Å². The topological polar surface area (TPSA) is 28.7 Å². The SMILES string of the molecule is CCCC[C@H](C)c1nc2cc([C@@H](C)CCC(C)c3cccc(C)c3)ccc2[nH]1. The molecular formula is C26H36N2. The van der Waals surface area contributed by atoms with Crippen LogP contribution >= 0.6 is 0 Å². The van der Waals surface area contributed by atoms with Crippen LogP contribution in [-0.2, 0) is 0 Å². The molecule has 1 unspecified atom stereocenters. The molecule has 2 aromatic carbocycles. The largest absolute Gasteiger partial charge is 0.342 e. The van der Waals surface area contributed by atoms with E-state index in [0.717, 1.165) is 11.3 Å². The second-order valence-corrected chi connectivity index (χ2v) is 8.74. The van der Waals surface area contributed by atoms with Gasteiger partial charge in [0, 0.05) is 5.92 Å². The van der Waals surface area contributed by atoms with Gasteiger partial charge in [-0.3, -0.25) is 0 Å². The van der Waals surface area contributed by atoms with E-state index in [1.165, 1.54) is 54.3 Å². The van der Waals surface area contributed by atoms with E-state index in [4.69, 9.17) is 4.98 Å². The van der Waals surface area contributed by atoms with Crippen molar-refractivity contribution >= 4 is 11.0 Å². The smallest absolute Gasteiger partial charge is 0.110 e. The number of nitrogens with one attached hydrogen (secondary N) is 1. The summed E-state index contributed by atoms with van der Waals surface area (Å²) in [6.07, 6.45) is 6.12. The Balaban J connectivity index is 1.65. The van der Waals surface area contributed by atoms with Crippen molar-refractivity contribution in [2.24, 2.45) is 0 Å². The van der Waals surface area contributed by atoms with Gasteiger partial charge >= 0.3 is 0 Å². The highest BCUT2D eigenvalue weighted by Gasteiger charge is 2.14. The van der Waals surface area contributed by atoms with E-state index in [0.29, 0.717) is 17.8 Å². The maximum atomic E-state index is 4.91. The summed E-state index contributed by atoms with van der Waals surface area (Å²) in [7, 11) is 0. The third kappa shape index (κ3) is 5.04. The Bertz CT molecular complexity index is 892. The van der Waals surface area contributed by atoms with Crippen LogP contribution in [-0.4, -0.2) is 9.97 Å². The van der Waals surface area contributed by atoms with Gasteiger partial charge in [-0.1, -0.05) is 76.4 Å². The molecule has 2 heteroatoms. The lowest BCUT2D eigenvalue weighted by Crippen LogP contribution is -1.99. The number of aromatic amines is 1. The zero-order chi connectivity index (χ0) is 20.1. The molecule has 2 nitrogen and oxygen atoms in total. The maximum Gasteiger partial charge on any atom is 0.110 e. The first kappa shape index (κ1) is 20.6. The van der Waals surface area contributed by atoms with Crippen LogP contribution in [0, 0.1) is 6.92 Å². The summed E-state index contributed by atoms with van der Waals surface area (Å²) in [5.74, 6) is 2.79. The molecule has 0 saturated carbocycles. The zero-order valence-electron chi connectivity index (χ0n) is 18.3. The highest BCUT2D eigenvalue weighted by molar-refractivity contribution is 5.76. The lowest BCUT2D eigenvalue weighted by molar-refractivity contribution is 0.574. The van der Waals surface area contributed by atoms with Crippen LogP contribution in [0.2, 0.25) is 0 Å². The molecule has 0 aliphatic heterocycles. The first-order chi connectivity index (χ1) is 13.5. The fourth-order valence-corrected chi connectivity index (χ4v) is 4.04. The molecule has 3 aromatic rings. The van der Waals surface area contributed by atoms with Crippen LogP contribution < -0.4 is 0 Å². The van der Waals surface area contributed by atoms with Crippen molar-refractivity contribution in [3.05, 3.63) is 65.0 Å². The van der Waals surface area contributed by atoms with Crippen molar-refractivity contribution in [1.29, 1.82) is 0 Å². The standard InChI is InChI=1S/C26H36N2/c1-6-7-10-21(5)26-27-24-15-14-23(17-25(24)28-26)20(4)13-12-19(3)22-11-8-9-18(2)16-22/h8-9,11,14-17,19-21H,6-7,10,12-13H2,1-5H3,(H,27,28)/t19?,20-,21-/m0/s1. The normalized spacial score (nSPS) is 14.9. The minimum Gasteiger partial charge on any atom is -0.342 e. The number of aryl methyl sites for hydroxylation is 1. The number of unbranched alkanes of at least 4 members (excludes halogenated alkanes) is 1. The van der Waals surface area contributed by atoms with Crippen molar-refractivity contribution in [3.63, 3.8) is 0 Å². The summed E-state index contributed by atoms with van der Waals surface area (Å²) in [4.78, 5) is 8.44. The number of imidazole rings is 1. The summed E-state index contributed by atoms with van der Waals surface area (Å²) >= 11 is 0. The molecule has 0 saturated heterocycles. The number of hydrogen-bond acceptors (Lipinski definition) is 1. The predicted molar refractivity (Wildman–Crippen MR) is 121 cm³/mol. The minimum atomic E-state index is 0.503. The average Bonchev–Trinajstić information content (AvgIpc) is 3.13. The number of aromatic nitrogens is 2. The lowest BCUT2D eigenvalue weighted by atomic mass is 9.89. The molecule has 1 heterocycles. The molecule has 3 rings (SSSR count). The summed E-state index contributed by atoms with van der Waals surface area (Å²) in [5, 5.41) is 0. The monoisotopic (exact) mass is 376 g/mol. The molecule has 0 fully saturated rings. The Morgan fingerprint density at radius 2 is 1.57 bits per heavy atom. The van der Waals surface area contributed by atoms with Gasteiger partial charge in [0.05, 0.1) is 11.0 Å². The van der Waals surface area contributed by atoms with E-state index < -0.39 is 0 Å². The number of fused-ring (bicyclic) bond motifs is 1. The Morgan fingerprint density at radius 1 is 0.857 bits per heavy atom. The van der Waals surface area contributed by atoms with E-state index in [9.17, 15) is 0 Å². The van der Waals surface area contributed by atoms with Gasteiger partial charge in [0.15, 0.2) is 0 Å². The summed E-state index contributed by atoms with van der Waals surface area (Å²) in [6.45, 7) is 11.4. The van der Waals surface area contributed by atoms with Crippen LogP contribution in [0.4, 0.5) is 0 Å². The van der Waals surface area contributed by atoms with Crippen molar-refractivity contribution in [3.8, 4) is 0 Å². The lowest BCUT2D eigenvalue weighted by Gasteiger charge is -2.17. The molecule has 0 amide bonds. The summed E-state index contributed by atoms with van der Waals surface area (Å²) in [6, 6.07) is 15.7. The van der Waals surface area contributed by atoms with Crippen LogP contribution in [0.1, 0.15) is 100 Å². The van der Waals surface area contributed by atoms with Gasteiger partial charge < -0.3 is 4.98 Å². The van der Waals surface area contributed by atoms with Gasteiger partial charge in [0.25, 0.3) is 0 Å². The van der Waals surface area contributed by atoms with Gasteiger partial charge in [-0.05, 0) is 61.3 Å². The molecular weight excluding hydrogens is 340 g/mol. The van der Waals surface area contributed by atoms with Gasteiger partial charge in [-0.25, -0.2) is 4.98 Å². The summed E-state index contributed by atoms with van der Waals surface area (Å²) in [5.41, 5.74) is 6.51. The number of benzene rings is 2. The Labute approximate surface area is 170 Å². The minimum absolute atomic E-state index is 0.503. The molecule has 1 aromatic heterocycles. The van der Waals surface area contributed by atoms with Crippen molar-refractivity contribution < 1.29 is 0 Å². The predicted octanol–water partition coefficient (Wildman–Crippen LogP) is 7.85. The Kier molecular flexibility index (Phi) is 6.93. The molecule has 0 bridgehead atoms. The third-order valence-corrected chi connectivity index (χ3v) is 6.20. The van der Waals surface area contributed by atoms with Gasteiger partial charge in [0.1, 0.15) is 5.82 Å². The molecule has 150 valence electrons. The first-order valence-electron chi connectivity index (χ1n) is 11.0. The number of H-pyrrole nitrogens is 1. The van der Waals surface area contributed by atoms with Crippen molar-refractivity contribution in [2.75, 3.05) is 0 Å². The van der Waals surface area contributed by atoms with Gasteiger partial charge in [-0.15, -0.1) is 0 Å². The van der Waals surface area contributed by atoms with E-state index in [1.54, 1.807) is 0 Å². The third-order valence-electron chi connectivity index (χ3n) is 6.20. The van der Waals surface area contributed by atoms with Crippen molar-refractivity contribution in [1.82, 2.24) is 9.97 Å². The van der Waals surface area contributed by atoms with Crippen LogP contribution in [0.3, 0.4) is 0 Å². The van der Waals surface area contributed by atoms with E-state index in [1.807, 2.05) is 0 Å². The fraction of sp³-hybridized carbons (Fsp3) is 0.500. The average molecular weight is 377 g/mol. The number of hydrogen-bond donors (Lipinski definition) is 1. The molecule has 0 spiro atoms. The number of rotatable bonds is 9. The first-order valence-corrected chi connectivity index (χ1v) is 11.0. The maximum absolute atomic E-state index is 4.91. The second kappa shape index (κ2) is 9.41. The Hall–Kier alpha value is -2.09. The van der Waals surface area contributed by atoms with Gasteiger partial charge in [-0.2, -0.15) is 0 Å². The fourth-order valence-electron chi connectivity index (χ4n) is 4.04. The molecule has 1 N–H and O–H groups in total. The molecule has 3 atom stereocenters. The van der Waals surface area contributed by atoms with Crippen LogP contribution in [0.15, 0.2) is 42.5 Å². The van der Waals surface area contributed by atoms with E-state index in [2.05, 4.69) is 82.1 Å². The molecule has 0 aliphatic carbocycles. The highest BCUT2D eigenvalue weighted by Crippen LogP contribution is 2.30. The quantitative estimate of drug-likeness (QED) is 0.404. The highest BCUT2D eigenvalue weighted by atomic mass is 14.9. The summed E-state index contributed by atoms with van der Waals surface area (Å²) < 4.78 is 0. The Morgan fingerprint density at radius 3 is 2.25 bits per heavy atom. The zero-order valence-corrected chi connectivity index (χ0v) is 18.3. The molecule has 0 aliphatic rings. The van der Waals surface area contributed by atoms with Crippen molar-refractivity contribution in [2.45, 2.75) is 84.5 Å².